The highest BCUT2D eigenvalue weighted by atomic mass is 79.9. The van der Waals surface area contributed by atoms with E-state index < -0.39 is 5.78 Å². The van der Waals surface area contributed by atoms with Gasteiger partial charge in [0.15, 0.2) is 11.5 Å². The first kappa shape index (κ1) is 17.1. The molecular formula is C17H11BrClNO3. The topological polar surface area (TPSA) is 70.3 Å². The Labute approximate surface area is 146 Å². The monoisotopic (exact) mass is 391 g/mol. The number of hydrogen-bond donors (Lipinski definition) is 1. The molecule has 0 aliphatic carbocycles. The Morgan fingerprint density at radius 3 is 2.61 bits per heavy atom. The maximum absolute atomic E-state index is 12.2. The van der Waals surface area contributed by atoms with Crippen molar-refractivity contribution in [3.05, 3.63) is 62.6 Å². The van der Waals surface area contributed by atoms with Crippen LogP contribution in [0.15, 0.2) is 40.9 Å². The summed E-state index contributed by atoms with van der Waals surface area (Å²) in [5.74, 6) is -0.380. The van der Waals surface area contributed by atoms with Gasteiger partial charge in [0, 0.05) is 0 Å². The number of phenols is 1. The molecule has 4 nitrogen and oxygen atoms in total. The average Bonchev–Trinajstić information content (AvgIpc) is 2.57. The molecule has 0 saturated carbocycles. The molecule has 1 N–H and O–H groups in total. The van der Waals surface area contributed by atoms with Crippen LogP contribution < -0.4 is 4.74 Å². The highest BCUT2D eigenvalue weighted by molar-refractivity contribution is 9.10. The Kier molecular flexibility index (Phi) is 5.43. The minimum atomic E-state index is -0.405. The molecule has 2 aromatic carbocycles. The van der Waals surface area contributed by atoms with Crippen molar-refractivity contribution in [1.82, 2.24) is 0 Å². The molecule has 0 atom stereocenters. The summed E-state index contributed by atoms with van der Waals surface area (Å²) in [7, 11) is 1.41. The van der Waals surface area contributed by atoms with E-state index in [1.807, 2.05) is 6.07 Å². The summed E-state index contributed by atoms with van der Waals surface area (Å²) >= 11 is 9.18. The molecule has 2 rings (SSSR count). The molecule has 0 unspecified atom stereocenters. The Hall–Kier alpha value is -2.29. The lowest BCUT2D eigenvalue weighted by Crippen LogP contribution is -1.98. The molecule has 2 aromatic rings. The summed E-state index contributed by atoms with van der Waals surface area (Å²) in [6, 6.07) is 10.1. The smallest absolute Gasteiger partial charge is 0.189 e. The molecule has 116 valence electrons. The highest BCUT2D eigenvalue weighted by Crippen LogP contribution is 2.42. The largest absolute Gasteiger partial charge is 0.506 e. The van der Waals surface area contributed by atoms with E-state index in [0.717, 1.165) is 5.56 Å². The van der Waals surface area contributed by atoms with Crippen molar-refractivity contribution in [2.45, 2.75) is 0 Å². The Morgan fingerprint density at radius 1 is 1.39 bits per heavy atom. The molecule has 0 bridgehead atoms. The van der Waals surface area contributed by atoms with Crippen molar-refractivity contribution < 1.29 is 14.6 Å². The fourth-order valence-corrected chi connectivity index (χ4v) is 2.88. The second kappa shape index (κ2) is 7.32. The van der Waals surface area contributed by atoms with Gasteiger partial charge in [0.25, 0.3) is 0 Å². The minimum absolute atomic E-state index is 0.0626. The van der Waals surface area contributed by atoms with Gasteiger partial charge in [0.05, 0.1) is 29.3 Å². The fourth-order valence-electron chi connectivity index (χ4n) is 1.90. The van der Waals surface area contributed by atoms with Crippen molar-refractivity contribution in [2.24, 2.45) is 0 Å². The predicted octanol–water partition coefficient (Wildman–Crippen LogP) is 4.58. The van der Waals surface area contributed by atoms with Gasteiger partial charge in [-0.25, -0.2) is 0 Å². The number of rotatable bonds is 4. The third-order valence-corrected chi connectivity index (χ3v) is 4.10. The van der Waals surface area contributed by atoms with Crippen molar-refractivity contribution >= 4 is 39.4 Å². The summed E-state index contributed by atoms with van der Waals surface area (Å²) < 4.78 is 5.27. The number of hydrogen-bond acceptors (Lipinski definition) is 4. The zero-order valence-electron chi connectivity index (χ0n) is 12.0. The first-order valence-corrected chi connectivity index (χ1v) is 7.62. The van der Waals surface area contributed by atoms with Crippen molar-refractivity contribution in [3.8, 4) is 17.6 Å². The van der Waals surface area contributed by atoms with Crippen molar-refractivity contribution in [2.75, 3.05) is 7.11 Å². The van der Waals surface area contributed by atoms with Gasteiger partial charge in [-0.2, -0.15) is 5.26 Å². The van der Waals surface area contributed by atoms with Gasteiger partial charge in [-0.1, -0.05) is 29.8 Å². The van der Waals surface area contributed by atoms with E-state index in [1.54, 1.807) is 30.3 Å². The van der Waals surface area contributed by atoms with Crippen LogP contribution in [0.4, 0.5) is 0 Å². The van der Waals surface area contributed by atoms with Gasteiger partial charge in [-0.15, -0.1) is 0 Å². The molecule has 23 heavy (non-hydrogen) atoms. The summed E-state index contributed by atoms with van der Waals surface area (Å²) in [4.78, 5) is 12.2. The maximum atomic E-state index is 12.2. The predicted molar refractivity (Wildman–Crippen MR) is 91.9 cm³/mol. The second-order valence-electron chi connectivity index (χ2n) is 4.53. The van der Waals surface area contributed by atoms with Crippen LogP contribution in [0.1, 0.15) is 21.5 Å². The Bertz CT molecular complexity index is 823. The molecule has 0 aliphatic heterocycles. The Morgan fingerprint density at radius 2 is 2.04 bits per heavy atom. The summed E-state index contributed by atoms with van der Waals surface area (Å²) in [5, 5.41) is 19.1. The number of ketones is 1. The molecule has 6 heteroatoms. The molecule has 0 amide bonds. The number of halogens is 2. The lowest BCUT2D eigenvalue weighted by Gasteiger charge is -2.10. The van der Waals surface area contributed by atoms with Crippen LogP contribution in [0.3, 0.4) is 0 Å². The van der Waals surface area contributed by atoms with Crippen LogP contribution in [0.25, 0.3) is 6.08 Å². The first-order chi connectivity index (χ1) is 11.0. The molecular weight excluding hydrogens is 382 g/mol. The van der Waals surface area contributed by atoms with E-state index in [2.05, 4.69) is 15.9 Å². The Balaban J connectivity index is 2.30. The van der Waals surface area contributed by atoms with E-state index >= 15 is 0 Å². The van der Waals surface area contributed by atoms with Crippen molar-refractivity contribution in [3.63, 3.8) is 0 Å². The standard InChI is InChI=1S/C17H11BrClNO3/c1-23-17-13(19)8-12(16(22)15(17)18)14(21)7-6-10-2-4-11(9-20)5-3-10/h2-8,22H,1H3. The number of allylic oxidation sites excluding steroid dienone is 1. The number of nitrogens with zero attached hydrogens (tertiary/aromatic N) is 1. The molecule has 0 aromatic heterocycles. The van der Waals surface area contributed by atoms with Crippen LogP contribution in [0.5, 0.6) is 11.5 Å². The maximum Gasteiger partial charge on any atom is 0.189 e. The lowest BCUT2D eigenvalue weighted by molar-refractivity contribution is 0.104. The number of carbonyl (C=O) groups is 1. The molecule has 0 fully saturated rings. The van der Waals surface area contributed by atoms with E-state index in [9.17, 15) is 9.90 Å². The fraction of sp³-hybridized carbons (Fsp3) is 0.0588. The quantitative estimate of drug-likeness (QED) is 0.610. The van der Waals surface area contributed by atoms with E-state index in [-0.39, 0.29) is 26.6 Å². The molecule has 0 heterocycles. The number of methoxy groups -OCH3 is 1. The zero-order valence-corrected chi connectivity index (χ0v) is 14.4. The number of carbonyl (C=O) groups excluding carboxylic acids is 1. The minimum Gasteiger partial charge on any atom is -0.506 e. The van der Waals surface area contributed by atoms with Crippen LogP contribution in [0.2, 0.25) is 5.02 Å². The number of nitriles is 1. The normalized spacial score (nSPS) is 10.5. The number of benzene rings is 2. The van der Waals surface area contributed by atoms with Gasteiger partial charge in [0.2, 0.25) is 0 Å². The number of phenolic OH excluding ortho intramolecular Hbond substituents is 1. The SMILES string of the molecule is COc1c(Cl)cc(C(=O)C=Cc2ccc(C#N)cc2)c(O)c1Br. The third-order valence-electron chi connectivity index (χ3n) is 3.09. The third kappa shape index (κ3) is 3.73. The van der Waals surface area contributed by atoms with Crippen LogP contribution >= 0.6 is 27.5 Å². The summed E-state index contributed by atoms with van der Waals surface area (Å²) in [6.45, 7) is 0. The lowest BCUT2D eigenvalue weighted by atomic mass is 10.1. The molecule has 0 saturated heterocycles. The van der Waals surface area contributed by atoms with E-state index in [4.69, 9.17) is 21.6 Å². The first-order valence-electron chi connectivity index (χ1n) is 6.45. The van der Waals surface area contributed by atoms with Crippen LogP contribution in [0, 0.1) is 11.3 Å². The second-order valence-corrected chi connectivity index (χ2v) is 5.73. The van der Waals surface area contributed by atoms with Gasteiger partial charge < -0.3 is 9.84 Å². The number of aromatic hydroxyl groups is 1. The highest BCUT2D eigenvalue weighted by Gasteiger charge is 2.18. The summed E-state index contributed by atoms with van der Waals surface area (Å²) in [5.41, 5.74) is 1.36. The van der Waals surface area contributed by atoms with Crippen molar-refractivity contribution in [1.29, 1.82) is 5.26 Å². The zero-order chi connectivity index (χ0) is 17.0. The number of ether oxygens (including phenoxy) is 1. The van der Waals surface area contributed by atoms with Gasteiger partial charge in [-0.3, -0.25) is 4.79 Å². The van der Waals surface area contributed by atoms with Gasteiger partial charge in [-0.05, 0) is 45.8 Å². The van der Waals surface area contributed by atoms with E-state index in [0.29, 0.717) is 5.56 Å². The van der Waals surface area contributed by atoms with Gasteiger partial charge in [0.1, 0.15) is 10.2 Å². The molecule has 0 radical (unpaired) electrons. The average molecular weight is 393 g/mol. The van der Waals surface area contributed by atoms with Crippen LogP contribution in [-0.2, 0) is 0 Å². The molecule has 0 spiro atoms. The van der Waals surface area contributed by atoms with Gasteiger partial charge >= 0.3 is 0 Å². The van der Waals surface area contributed by atoms with E-state index in [1.165, 1.54) is 19.3 Å². The summed E-state index contributed by atoms with van der Waals surface area (Å²) in [6.07, 6.45) is 2.92. The van der Waals surface area contributed by atoms with Crippen LogP contribution in [-0.4, -0.2) is 18.0 Å². The molecule has 0 aliphatic rings.